The molecule has 1 spiro atoms. The molecule has 2 aromatic heterocycles. The quantitative estimate of drug-likeness (QED) is 0.871. The van der Waals surface area contributed by atoms with Gasteiger partial charge in [0.1, 0.15) is 17.1 Å². The van der Waals surface area contributed by atoms with E-state index in [9.17, 15) is 0 Å². The SMILES string of the molecule is Cc1cc([C@@H]2C[C@]3(CCN2)OCCc2cc(Cl)sc23)no1. The van der Waals surface area contributed by atoms with E-state index in [-0.39, 0.29) is 11.6 Å². The molecule has 0 aromatic carbocycles. The van der Waals surface area contributed by atoms with Crippen LogP contribution in [0.4, 0.5) is 0 Å². The number of aryl methyl sites for hydroxylation is 1. The van der Waals surface area contributed by atoms with Gasteiger partial charge in [-0.2, -0.15) is 0 Å². The van der Waals surface area contributed by atoms with Crippen molar-refractivity contribution in [3.63, 3.8) is 0 Å². The molecule has 4 rings (SSSR count). The first kappa shape index (κ1) is 13.8. The molecule has 21 heavy (non-hydrogen) atoms. The highest BCUT2D eigenvalue weighted by molar-refractivity contribution is 7.16. The molecule has 0 saturated carbocycles. The monoisotopic (exact) mass is 324 g/mol. The standard InChI is InChI=1S/C15H17ClN2O2S/c1-9-6-11(18-20-9)12-8-15(3-4-17-12)14-10(2-5-19-15)7-13(16)21-14/h6-7,12,17H,2-5,8H2,1H3/t12-,15-/m0/s1. The van der Waals surface area contributed by atoms with Crippen LogP contribution in [0, 0.1) is 6.92 Å². The average Bonchev–Trinajstić information content (AvgIpc) is 3.06. The number of thiophene rings is 1. The van der Waals surface area contributed by atoms with Crippen LogP contribution in [0.2, 0.25) is 4.34 Å². The van der Waals surface area contributed by atoms with E-state index in [0.717, 1.165) is 48.2 Å². The van der Waals surface area contributed by atoms with Gasteiger partial charge >= 0.3 is 0 Å². The van der Waals surface area contributed by atoms with Gasteiger partial charge in [-0.15, -0.1) is 11.3 Å². The minimum absolute atomic E-state index is 0.169. The third-order valence-corrected chi connectivity index (χ3v) is 5.89. The molecule has 0 radical (unpaired) electrons. The van der Waals surface area contributed by atoms with E-state index < -0.39 is 0 Å². The van der Waals surface area contributed by atoms with E-state index in [1.165, 1.54) is 10.4 Å². The highest BCUT2D eigenvalue weighted by Crippen LogP contribution is 2.48. The van der Waals surface area contributed by atoms with Gasteiger partial charge in [0.25, 0.3) is 0 Å². The van der Waals surface area contributed by atoms with Crippen LogP contribution in [0.15, 0.2) is 16.7 Å². The molecular weight excluding hydrogens is 308 g/mol. The molecule has 1 saturated heterocycles. The summed E-state index contributed by atoms with van der Waals surface area (Å²) in [5, 5.41) is 7.69. The summed E-state index contributed by atoms with van der Waals surface area (Å²) in [6, 6.07) is 4.27. The van der Waals surface area contributed by atoms with Gasteiger partial charge in [-0.1, -0.05) is 16.8 Å². The van der Waals surface area contributed by atoms with E-state index >= 15 is 0 Å². The van der Waals surface area contributed by atoms with Crippen molar-refractivity contribution in [2.24, 2.45) is 0 Å². The maximum atomic E-state index is 6.26. The van der Waals surface area contributed by atoms with Crippen molar-refractivity contribution >= 4 is 22.9 Å². The second kappa shape index (κ2) is 5.09. The predicted molar refractivity (Wildman–Crippen MR) is 81.9 cm³/mol. The van der Waals surface area contributed by atoms with Gasteiger partial charge in [-0.3, -0.25) is 0 Å². The largest absolute Gasteiger partial charge is 0.369 e. The molecule has 1 fully saturated rings. The maximum Gasteiger partial charge on any atom is 0.133 e. The number of halogens is 1. The second-order valence-corrected chi connectivity index (χ2v) is 7.50. The fraction of sp³-hybridized carbons (Fsp3) is 0.533. The molecule has 2 atom stereocenters. The number of rotatable bonds is 1. The Bertz CT molecular complexity index is 668. The molecule has 0 aliphatic carbocycles. The maximum absolute atomic E-state index is 6.26. The first-order chi connectivity index (χ1) is 10.2. The van der Waals surface area contributed by atoms with Crippen molar-refractivity contribution in [2.45, 2.75) is 37.8 Å². The van der Waals surface area contributed by atoms with Gasteiger partial charge in [0.05, 0.1) is 17.0 Å². The summed E-state index contributed by atoms with van der Waals surface area (Å²) in [7, 11) is 0. The van der Waals surface area contributed by atoms with Crippen molar-refractivity contribution in [3.05, 3.63) is 38.4 Å². The Hall–Kier alpha value is -0.880. The molecule has 4 heterocycles. The number of piperidine rings is 1. The fourth-order valence-corrected chi connectivity index (χ4v) is 4.92. The Morgan fingerprint density at radius 2 is 2.38 bits per heavy atom. The number of nitrogens with zero attached hydrogens (tertiary/aromatic N) is 1. The summed E-state index contributed by atoms with van der Waals surface area (Å²) in [5.41, 5.74) is 2.10. The average molecular weight is 325 g/mol. The lowest BCUT2D eigenvalue weighted by molar-refractivity contribution is -0.0873. The number of ether oxygens (including phenoxy) is 1. The van der Waals surface area contributed by atoms with Crippen LogP contribution in [0.3, 0.4) is 0 Å². The lowest BCUT2D eigenvalue weighted by Gasteiger charge is -2.43. The summed E-state index contributed by atoms with van der Waals surface area (Å²) >= 11 is 7.90. The summed E-state index contributed by atoms with van der Waals surface area (Å²) < 4.78 is 12.3. The Kier molecular flexibility index (Phi) is 3.34. The van der Waals surface area contributed by atoms with Gasteiger partial charge < -0.3 is 14.6 Å². The minimum atomic E-state index is -0.214. The smallest absolute Gasteiger partial charge is 0.133 e. The fourth-order valence-electron chi connectivity index (χ4n) is 3.44. The van der Waals surface area contributed by atoms with E-state index in [1.54, 1.807) is 11.3 Å². The van der Waals surface area contributed by atoms with Gasteiger partial charge in [-0.25, -0.2) is 0 Å². The first-order valence-corrected chi connectivity index (χ1v) is 8.45. The number of aromatic nitrogens is 1. The zero-order valence-electron chi connectivity index (χ0n) is 11.8. The summed E-state index contributed by atoms with van der Waals surface area (Å²) in [6.45, 7) is 3.60. The molecule has 2 aliphatic rings. The van der Waals surface area contributed by atoms with Gasteiger partial charge in [0.2, 0.25) is 0 Å². The van der Waals surface area contributed by atoms with Gasteiger partial charge in [0.15, 0.2) is 0 Å². The Balaban J connectivity index is 1.69. The van der Waals surface area contributed by atoms with Gasteiger partial charge in [-0.05, 0) is 37.9 Å². The summed E-state index contributed by atoms with van der Waals surface area (Å²) in [4.78, 5) is 1.31. The number of nitrogens with one attached hydrogen (secondary N) is 1. The van der Waals surface area contributed by atoms with Gasteiger partial charge in [0, 0.05) is 17.4 Å². The second-order valence-electron chi connectivity index (χ2n) is 5.82. The van der Waals surface area contributed by atoms with Crippen molar-refractivity contribution in [1.29, 1.82) is 0 Å². The number of hydrogen-bond acceptors (Lipinski definition) is 5. The Labute approximate surface area is 132 Å². The van der Waals surface area contributed by atoms with Crippen molar-refractivity contribution in [2.75, 3.05) is 13.2 Å². The molecule has 0 amide bonds. The van der Waals surface area contributed by atoms with E-state index in [2.05, 4.69) is 16.5 Å². The Morgan fingerprint density at radius 1 is 1.48 bits per heavy atom. The topological polar surface area (TPSA) is 47.3 Å². The number of fused-ring (bicyclic) bond motifs is 2. The third-order valence-electron chi connectivity index (χ3n) is 4.40. The zero-order chi connectivity index (χ0) is 14.4. The molecule has 2 aromatic rings. The summed E-state index contributed by atoms with van der Waals surface area (Å²) in [5.74, 6) is 0.843. The normalized spacial score (nSPS) is 28.8. The Morgan fingerprint density at radius 3 is 3.19 bits per heavy atom. The zero-order valence-corrected chi connectivity index (χ0v) is 13.4. The van der Waals surface area contributed by atoms with E-state index in [1.807, 2.05) is 13.0 Å². The molecular formula is C15H17ClN2O2S. The minimum Gasteiger partial charge on any atom is -0.369 e. The molecule has 0 bridgehead atoms. The van der Waals surface area contributed by atoms with Crippen LogP contribution in [-0.2, 0) is 16.8 Å². The third kappa shape index (κ3) is 2.32. The number of hydrogen-bond donors (Lipinski definition) is 1. The van der Waals surface area contributed by atoms with Crippen LogP contribution in [-0.4, -0.2) is 18.3 Å². The van der Waals surface area contributed by atoms with E-state index in [0.29, 0.717) is 0 Å². The van der Waals surface area contributed by atoms with Crippen molar-refractivity contribution in [1.82, 2.24) is 10.5 Å². The highest BCUT2D eigenvalue weighted by atomic mass is 35.5. The molecule has 0 unspecified atom stereocenters. The lowest BCUT2D eigenvalue weighted by Crippen LogP contribution is -2.45. The molecule has 6 heteroatoms. The highest BCUT2D eigenvalue weighted by Gasteiger charge is 2.44. The first-order valence-electron chi connectivity index (χ1n) is 7.25. The van der Waals surface area contributed by atoms with Crippen LogP contribution in [0.25, 0.3) is 0 Å². The lowest BCUT2D eigenvalue weighted by atomic mass is 9.82. The molecule has 1 N–H and O–H groups in total. The predicted octanol–water partition coefficient (Wildman–Crippen LogP) is 3.59. The van der Waals surface area contributed by atoms with Crippen LogP contribution < -0.4 is 5.32 Å². The molecule has 4 nitrogen and oxygen atoms in total. The van der Waals surface area contributed by atoms with Crippen LogP contribution >= 0.6 is 22.9 Å². The molecule has 2 aliphatic heterocycles. The molecule has 112 valence electrons. The summed E-state index contributed by atoms with van der Waals surface area (Å²) in [6.07, 6.45) is 2.81. The van der Waals surface area contributed by atoms with Crippen molar-refractivity contribution < 1.29 is 9.26 Å². The van der Waals surface area contributed by atoms with Crippen LogP contribution in [0.1, 0.15) is 40.8 Å². The van der Waals surface area contributed by atoms with Crippen LogP contribution in [0.5, 0.6) is 0 Å². The van der Waals surface area contributed by atoms with Crippen molar-refractivity contribution in [3.8, 4) is 0 Å². The van der Waals surface area contributed by atoms with E-state index in [4.69, 9.17) is 20.9 Å².